The Bertz CT molecular complexity index is 1290. The third-order valence-corrected chi connectivity index (χ3v) is 7.60. The lowest BCUT2D eigenvalue weighted by Crippen LogP contribution is -2.53. The zero-order chi connectivity index (χ0) is 24.0. The van der Waals surface area contributed by atoms with Crippen molar-refractivity contribution in [2.45, 2.75) is 43.5 Å². The smallest absolute Gasteiger partial charge is 0.252 e. The number of phenols is 1. The van der Waals surface area contributed by atoms with Crippen LogP contribution in [-0.2, 0) is 5.54 Å². The Balaban J connectivity index is 1.44. The maximum atomic E-state index is 13.5. The Kier molecular flexibility index (Phi) is 5.70. The van der Waals surface area contributed by atoms with Gasteiger partial charge in [-0.1, -0.05) is 18.7 Å². The van der Waals surface area contributed by atoms with Gasteiger partial charge in [0.05, 0.1) is 27.0 Å². The van der Waals surface area contributed by atoms with Gasteiger partial charge in [-0.3, -0.25) is 9.78 Å². The second-order valence-corrected chi connectivity index (χ2v) is 9.96. The van der Waals surface area contributed by atoms with Crippen LogP contribution in [0, 0.1) is 6.92 Å². The summed E-state index contributed by atoms with van der Waals surface area (Å²) in [5.41, 5.74) is 3.37. The van der Waals surface area contributed by atoms with Crippen LogP contribution in [0.15, 0.2) is 49.2 Å². The van der Waals surface area contributed by atoms with Crippen LogP contribution in [0.25, 0.3) is 17.0 Å². The van der Waals surface area contributed by atoms with E-state index < -0.39 is 5.54 Å². The number of carbonyl (C=O) groups is 1. The van der Waals surface area contributed by atoms with Crippen molar-refractivity contribution >= 4 is 33.1 Å². The van der Waals surface area contributed by atoms with Crippen molar-refractivity contribution in [1.82, 2.24) is 15.2 Å². The molecule has 1 amide bonds. The number of nitrogens with one attached hydrogen (secondary N) is 1. The first-order chi connectivity index (χ1) is 16.3. The van der Waals surface area contributed by atoms with Gasteiger partial charge in [-0.15, -0.1) is 0 Å². The molecule has 1 aliphatic carbocycles. The molecule has 1 aromatic heterocycles. The van der Waals surface area contributed by atoms with Crippen molar-refractivity contribution in [2.75, 3.05) is 13.6 Å². The quantitative estimate of drug-likeness (QED) is 0.513. The van der Waals surface area contributed by atoms with E-state index >= 15 is 0 Å². The van der Waals surface area contributed by atoms with Gasteiger partial charge in [0.15, 0.2) is 11.5 Å². The average Bonchev–Trinajstić information content (AvgIpc) is 3.59. The molecule has 0 spiro atoms. The second-order valence-electron chi connectivity index (χ2n) is 9.39. The van der Waals surface area contributed by atoms with E-state index in [-0.39, 0.29) is 23.4 Å². The number of fused-ring (bicyclic) bond motifs is 1. The fourth-order valence-electron chi connectivity index (χ4n) is 4.74. The van der Waals surface area contributed by atoms with Crippen molar-refractivity contribution in [3.8, 4) is 11.5 Å². The maximum Gasteiger partial charge on any atom is 0.252 e. The summed E-state index contributed by atoms with van der Waals surface area (Å²) in [5.74, 6) is 0.132. The zero-order valence-corrected chi connectivity index (χ0v) is 20.5. The van der Waals surface area contributed by atoms with Gasteiger partial charge < -0.3 is 20.1 Å². The topological polar surface area (TPSA) is 74.7 Å². The molecule has 3 aromatic rings. The van der Waals surface area contributed by atoms with Crippen molar-refractivity contribution in [2.24, 2.45) is 0 Å². The lowest BCUT2D eigenvalue weighted by Gasteiger charge is -2.41. The highest BCUT2D eigenvalue weighted by Gasteiger charge is 2.47. The Morgan fingerprint density at radius 3 is 2.82 bits per heavy atom. The second kappa shape index (κ2) is 8.56. The highest BCUT2D eigenvalue weighted by molar-refractivity contribution is 6.11. The predicted octanol–water partition coefficient (Wildman–Crippen LogP) is 3.89. The summed E-state index contributed by atoms with van der Waals surface area (Å²) in [4.78, 5) is 20.2. The highest BCUT2D eigenvalue weighted by atomic mass is 28.1. The standard InChI is InChI=1S/C27H28N3O3Si/c1-4-17-13-20(18-6-5-10-28-21(18)14-17)27(8-9-27)29-25(32)19-15-24(23(31)12-16(19)2)33-26(34)22-7-11-30(22)3/h4-6,10,12-15,22,26,31H,1,7-9,11H2,2-3H3,(H,29,32)/t22-,26?/m0/s1. The van der Waals surface area contributed by atoms with Crippen molar-refractivity contribution in [1.29, 1.82) is 0 Å². The van der Waals surface area contributed by atoms with E-state index in [0.29, 0.717) is 16.9 Å². The number of amides is 1. The van der Waals surface area contributed by atoms with Gasteiger partial charge in [0.2, 0.25) is 0 Å². The van der Waals surface area contributed by atoms with Crippen LogP contribution in [0.4, 0.5) is 0 Å². The van der Waals surface area contributed by atoms with Crippen LogP contribution in [0.1, 0.15) is 46.3 Å². The van der Waals surface area contributed by atoms with Crippen molar-refractivity contribution < 1.29 is 14.6 Å². The molecule has 3 radical (unpaired) electrons. The molecule has 1 aliphatic heterocycles. The summed E-state index contributed by atoms with van der Waals surface area (Å²) in [6, 6.07) is 11.5. The fraction of sp³-hybridized carbons (Fsp3) is 0.333. The van der Waals surface area contributed by atoms with Crippen LogP contribution >= 0.6 is 0 Å². The molecule has 6 nitrogen and oxygen atoms in total. The summed E-state index contributed by atoms with van der Waals surface area (Å²) in [5, 5.41) is 14.8. The minimum atomic E-state index is -0.449. The van der Waals surface area contributed by atoms with Crippen molar-refractivity contribution in [3.63, 3.8) is 0 Å². The van der Waals surface area contributed by atoms with Crippen LogP contribution in [0.5, 0.6) is 11.5 Å². The molecule has 0 bridgehead atoms. The van der Waals surface area contributed by atoms with Crippen LogP contribution in [0.3, 0.4) is 0 Å². The van der Waals surface area contributed by atoms with Crippen LogP contribution < -0.4 is 10.1 Å². The van der Waals surface area contributed by atoms with Gasteiger partial charge in [-0.05, 0) is 86.8 Å². The molecule has 2 N–H and O–H groups in total. The lowest BCUT2D eigenvalue weighted by molar-refractivity contribution is 0.0550. The number of aromatic hydroxyl groups is 1. The fourth-order valence-corrected chi connectivity index (χ4v) is 5.28. The van der Waals surface area contributed by atoms with E-state index in [0.717, 1.165) is 47.8 Å². The molecule has 173 valence electrons. The van der Waals surface area contributed by atoms with Gasteiger partial charge in [-0.25, -0.2) is 0 Å². The van der Waals surface area contributed by atoms with Crippen LogP contribution in [-0.4, -0.2) is 56.5 Å². The third kappa shape index (κ3) is 3.99. The van der Waals surface area contributed by atoms with E-state index in [4.69, 9.17) is 4.74 Å². The minimum absolute atomic E-state index is 0.0242. The largest absolute Gasteiger partial charge is 0.504 e. The minimum Gasteiger partial charge on any atom is -0.504 e. The molecule has 2 aliphatic rings. The number of likely N-dealkylation sites (N-methyl/N-ethyl adjacent to an activating group) is 1. The maximum absolute atomic E-state index is 13.5. The molecular weight excluding hydrogens is 442 g/mol. The SMILES string of the molecule is C=Cc1cc(C2(NC(=O)c3cc(OC([Si])[C@@H]4CCN4C)c(O)cc3C)CC2)c2cccnc2c1. The molecular formula is C27H28N3O3Si. The number of benzene rings is 2. The molecule has 7 heteroatoms. The number of phenolic OH excluding ortho intramolecular Hbond substituents is 1. The first kappa shape index (κ1) is 22.6. The molecule has 2 aromatic carbocycles. The Labute approximate surface area is 203 Å². The number of hydrogen-bond acceptors (Lipinski definition) is 5. The number of nitrogens with zero attached hydrogens (tertiary/aromatic N) is 2. The summed E-state index contributed by atoms with van der Waals surface area (Å²) in [6.45, 7) is 6.75. The number of likely N-dealkylation sites (tertiary alicyclic amines) is 1. The van der Waals surface area contributed by atoms with Gasteiger partial charge in [0.25, 0.3) is 5.91 Å². The predicted molar refractivity (Wildman–Crippen MR) is 134 cm³/mol. The number of pyridine rings is 1. The molecule has 1 unspecified atom stereocenters. The number of hydrogen-bond donors (Lipinski definition) is 2. The Morgan fingerprint density at radius 2 is 2.18 bits per heavy atom. The van der Waals surface area contributed by atoms with Gasteiger partial charge in [0, 0.05) is 23.2 Å². The summed E-state index contributed by atoms with van der Waals surface area (Å²) >= 11 is 0. The van der Waals surface area contributed by atoms with Gasteiger partial charge >= 0.3 is 0 Å². The van der Waals surface area contributed by atoms with E-state index in [9.17, 15) is 9.90 Å². The number of ether oxygens (including phenoxy) is 1. The number of aryl methyl sites for hydroxylation is 1. The molecule has 2 atom stereocenters. The zero-order valence-electron chi connectivity index (χ0n) is 19.5. The van der Waals surface area contributed by atoms with E-state index in [2.05, 4.69) is 38.1 Å². The van der Waals surface area contributed by atoms with Gasteiger partial charge in [0.1, 0.15) is 0 Å². The lowest BCUT2D eigenvalue weighted by atomic mass is 9.95. The normalized spacial score (nSPS) is 19.8. The number of aromatic nitrogens is 1. The average molecular weight is 471 g/mol. The van der Waals surface area contributed by atoms with E-state index in [1.54, 1.807) is 24.4 Å². The molecule has 2 heterocycles. The van der Waals surface area contributed by atoms with E-state index in [1.165, 1.54) is 0 Å². The molecule has 34 heavy (non-hydrogen) atoms. The first-order valence-electron chi connectivity index (χ1n) is 11.6. The Morgan fingerprint density at radius 1 is 1.38 bits per heavy atom. The molecule has 1 saturated carbocycles. The van der Waals surface area contributed by atoms with Gasteiger partial charge in [-0.2, -0.15) is 0 Å². The first-order valence-corrected chi connectivity index (χ1v) is 12.1. The summed E-state index contributed by atoms with van der Waals surface area (Å²) in [7, 11) is 5.68. The highest BCUT2D eigenvalue weighted by Crippen LogP contribution is 2.48. The Hall–Kier alpha value is -3.16. The monoisotopic (exact) mass is 470 g/mol. The van der Waals surface area contributed by atoms with E-state index in [1.807, 2.05) is 32.2 Å². The molecule has 2 fully saturated rings. The number of rotatable bonds is 7. The third-order valence-electron chi connectivity index (χ3n) is 7.09. The van der Waals surface area contributed by atoms with Crippen LogP contribution in [0.2, 0.25) is 0 Å². The summed E-state index contributed by atoms with van der Waals surface area (Å²) in [6.07, 6.45) is 6.29. The summed E-state index contributed by atoms with van der Waals surface area (Å²) < 4.78 is 6.01. The molecule has 5 rings (SSSR count). The molecule has 1 saturated heterocycles. The number of carbonyl (C=O) groups excluding carboxylic acids is 1. The van der Waals surface area contributed by atoms with Crippen molar-refractivity contribution in [3.05, 3.63) is 71.4 Å².